The Balaban J connectivity index is 1.35. The Labute approximate surface area is 159 Å². The third kappa shape index (κ3) is 3.94. The number of likely N-dealkylation sites (N-methyl/N-ethyl adjacent to an activating group) is 1. The number of piperidine rings is 1. The molecule has 0 aromatic heterocycles. The van der Waals surface area contributed by atoms with Crippen LogP contribution in [0.1, 0.15) is 23.2 Å². The summed E-state index contributed by atoms with van der Waals surface area (Å²) in [4.78, 5) is 29.5. The number of fused-ring (bicyclic) bond motifs is 1. The van der Waals surface area contributed by atoms with Crippen LogP contribution < -0.4 is 9.47 Å². The second-order valence-electron chi connectivity index (χ2n) is 7.44. The topological polar surface area (TPSA) is 68.3 Å². The molecule has 1 aromatic rings. The lowest BCUT2D eigenvalue weighted by Crippen LogP contribution is -2.52. The van der Waals surface area contributed by atoms with Gasteiger partial charge in [-0.05, 0) is 38.1 Å². The molecule has 1 aromatic carbocycles. The second kappa shape index (κ2) is 7.86. The molecule has 3 heterocycles. The van der Waals surface area contributed by atoms with Gasteiger partial charge in [-0.2, -0.15) is 0 Å². The maximum Gasteiger partial charge on any atom is 0.253 e. The highest BCUT2D eigenvalue weighted by Gasteiger charge is 2.33. The first kappa shape index (κ1) is 18.3. The van der Waals surface area contributed by atoms with Gasteiger partial charge in [0, 0.05) is 37.7 Å². The van der Waals surface area contributed by atoms with Gasteiger partial charge in [0.1, 0.15) is 19.3 Å². The van der Waals surface area contributed by atoms with E-state index >= 15 is 0 Å². The van der Waals surface area contributed by atoms with Crippen molar-refractivity contribution in [1.29, 1.82) is 0 Å². The number of hydrogen-bond donors (Lipinski definition) is 0. The van der Waals surface area contributed by atoms with Crippen molar-refractivity contribution in [2.24, 2.45) is 5.92 Å². The van der Waals surface area contributed by atoms with Crippen molar-refractivity contribution in [3.05, 3.63) is 23.8 Å². The molecule has 1 atom stereocenters. The first-order valence-electron chi connectivity index (χ1n) is 9.64. The van der Waals surface area contributed by atoms with Gasteiger partial charge in [0.15, 0.2) is 17.3 Å². The van der Waals surface area contributed by atoms with Crippen molar-refractivity contribution in [3.63, 3.8) is 0 Å². The van der Waals surface area contributed by atoms with E-state index in [0.29, 0.717) is 69.4 Å². The number of amides is 1. The van der Waals surface area contributed by atoms with Crippen LogP contribution in [0.4, 0.5) is 0 Å². The molecule has 3 aliphatic heterocycles. The number of likely N-dealkylation sites (tertiary alicyclic amines) is 1. The number of morpholine rings is 1. The van der Waals surface area contributed by atoms with Crippen LogP contribution in [0.5, 0.6) is 11.5 Å². The summed E-state index contributed by atoms with van der Waals surface area (Å²) in [6.07, 6.45) is 0.983. The van der Waals surface area contributed by atoms with Gasteiger partial charge in [-0.15, -0.1) is 0 Å². The highest BCUT2D eigenvalue weighted by atomic mass is 16.6. The number of ketones is 1. The largest absolute Gasteiger partial charge is 0.486 e. The molecule has 1 amide bonds. The van der Waals surface area contributed by atoms with Crippen molar-refractivity contribution < 1.29 is 23.8 Å². The Morgan fingerprint density at radius 1 is 1.00 bits per heavy atom. The number of carbonyl (C=O) groups excluding carboxylic acids is 2. The summed E-state index contributed by atoms with van der Waals surface area (Å²) in [5.41, 5.74) is 0.654. The highest BCUT2D eigenvalue weighted by Crippen LogP contribution is 2.32. The zero-order valence-electron chi connectivity index (χ0n) is 15.7. The molecule has 0 saturated carbocycles. The van der Waals surface area contributed by atoms with Crippen LogP contribution in [0, 0.1) is 5.92 Å². The Kier molecular flexibility index (Phi) is 5.31. The summed E-state index contributed by atoms with van der Waals surface area (Å²) >= 11 is 0. The molecule has 0 N–H and O–H groups in total. The number of hydrogen-bond acceptors (Lipinski definition) is 6. The van der Waals surface area contributed by atoms with Crippen molar-refractivity contribution in [1.82, 2.24) is 9.80 Å². The molecule has 4 rings (SSSR count). The molecule has 3 aliphatic rings. The van der Waals surface area contributed by atoms with Crippen LogP contribution in [0.15, 0.2) is 18.2 Å². The van der Waals surface area contributed by atoms with Crippen LogP contribution in [0.25, 0.3) is 0 Å². The van der Waals surface area contributed by atoms with Crippen molar-refractivity contribution in [2.75, 3.05) is 53.0 Å². The lowest BCUT2D eigenvalue weighted by molar-refractivity contribution is -0.150. The molecule has 27 heavy (non-hydrogen) atoms. The number of carbonyl (C=O) groups is 2. The van der Waals surface area contributed by atoms with Crippen LogP contribution in [0.2, 0.25) is 0 Å². The molecule has 7 heteroatoms. The zero-order chi connectivity index (χ0) is 18.8. The third-order valence-corrected chi connectivity index (χ3v) is 5.55. The minimum atomic E-state index is -0.381. The standard InChI is InChI=1S/C20H26N2O5/c1-21-8-9-25-18(13-21)20(24)22-6-4-14(5-7-22)19(23)15-2-3-16-17(12-15)27-11-10-26-16/h2-3,12,14,18H,4-11,13H2,1H3/t18-/m1/s1. The van der Waals surface area contributed by atoms with E-state index in [9.17, 15) is 9.59 Å². The summed E-state index contributed by atoms with van der Waals surface area (Å²) < 4.78 is 16.7. The fourth-order valence-electron chi connectivity index (χ4n) is 3.93. The van der Waals surface area contributed by atoms with E-state index in [-0.39, 0.29) is 23.7 Å². The Morgan fingerprint density at radius 2 is 1.74 bits per heavy atom. The van der Waals surface area contributed by atoms with E-state index in [4.69, 9.17) is 14.2 Å². The fourth-order valence-corrected chi connectivity index (χ4v) is 3.93. The number of Topliss-reactive ketones (excluding diaryl/α,β-unsaturated/α-hetero) is 1. The summed E-state index contributed by atoms with van der Waals surface area (Å²) in [6, 6.07) is 5.39. The van der Waals surface area contributed by atoms with E-state index in [0.717, 1.165) is 6.54 Å². The molecule has 0 radical (unpaired) electrons. The van der Waals surface area contributed by atoms with Crippen LogP contribution in [-0.2, 0) is 9.53 Å². The maximum atomic E-state index is 12.9. The normalized spacial score (nSPS) is 23.9. The summed E-state index contributed by atoms with van der Waals surface area (Å²) in [5.74, 6) is 1.43. The number of nitrogens with zero attached hydrogens (tertiary/aromatic N) is 2. The molecule has 146 valence electrons. The lowest BCUT2D eigenvalue weighted by atomic mass is 9.88. The van der Waals surface area contributed by atoms with E-state index in [1.807, 2.05) is 11.9 Å². The maximum absolute atomic E-state index is 12.9. The molecule has 0 bridgehead atoms. The molecule has 0 unspecified atom stereocenters. The molecule has 7 nitrogen and oxygen atoms in total. The number of benzene rings is 1. The van der Waals surface area contributed by atoms with E-state index in [1.165, 1.54) is 0 Å². The van der Waals surface area contributed by atoms with Crippen molar-refractivity contribution in [2.45, 2.75) is 18.9 Å². The Bertz CT molecular complexity index is 714. The first-order valence-corrected chi connectivity index (χ1v) is 9.64. The monoisotopic (exact) mass is 374 g/mol. The molecule has 0 spiro atoms. The Hall–Kier alpha value is -2.12. The predicted octanol–water partition coefficient (Wildman–Crippen LogP) is 1.21. The summed E-state index contributed by atoms with van der Waals surface area (Å²) in [6.45, 7) is 4.32. The average Bonchev–Trinajstić information content (AvgIpc) is 2.72. The zero-order valence-corrected chi connectivity index (χ0v) is 15.7. The van der Waals surface area contributed by atoms with Crippen LogP contribution >= 0.6 is 0 Å². The minimum Gasteiger partial charge on any atom is -0.486 e. The van der Waals surface area contributed by atoms with Gasteiger partial charge in [-0.1, -0.05) is 0 Å². The average molecular weight is 374 g/mol. The fraction of sp³-hybridized carbons (Fsp3) is 0.600. The molecule has 2 saturated heterocycles. The molecule has 0 aliphatic carbocycles. The van der Waals surface area contributed by atoms with E-state index < -0.39 is 0 Å². The van der Waals surface area contributed by atoms with Gasteiger partial charge in [-0.3, -0.25) is 9.59 Å². The van der Waals surface area contributed by atoms with Crippen molar-refractivity contribution >= 4 is 11.7 Å². The van der Waals surface area contributed by atoms with Gasteiger partial charge in [0.25, 0.3) is 5.91 Å². The predicted molar refractivity (Wildman–Crippen MR) is 98.3 cm³/mol. The lowest BCUT2D eigenvalue weighted by Gasteiger charge is -2.36. The van der Waals surface area contributed by atoms with Gasteiger partial charge in [0.2, 0.25) is 0 Å². The van der Waals surface area contributed by atoms with Gasteiger partial charge in [-0.25, -0.2) is 0 Å². The van der Waals surface area contributed by atoms with Crippen molar-refractivity contribution in [3.8, 4) is 11.5 Å². The molecular weight excluding hydrogens is 348 g/mol. The number of rotatable bonds is 3. The highest BCUT2D eigenvalue weighted by molar-refractivity contribution is 5.98. The Morgan fingerprint density at radius 3 is 2.48 bits per heavy atom. The van der Waals surface area contributed by atoms with E-state index in [2.05, 4.69) is 4.90 Å². The summed E-state index contributed by atoms with van der Waals surface area (Å²) in [5, 5.41) is 0. The van der Waals surface area contributed by atoms with Crippen LogP contribution in [-0.4, -0.2) is 80.6 Å². The summed E-state index contributed by atoms with van der Waals surface area (Å²) in [7, 11) is 2.00. The minimum absolute atomic E-state index is 0.0479. The van der Waals surface area contributed by atoms with Gasteiger partial charge < -0.3 is 24.0 Å². The van der Waals surface area contributed by atoms with Gasteiger partial charge in [0.05, 0.1) is 6.61 Å². The van der Waals surface area contributed by atoms with Crippen LogP contribution in [0.3, 0.4) is 0 Å². The first-order chi connectivity index (χ1) is 13.1. The second-order valence-corrected chi connectivity index (χ2v) is 7.44. The smallest absolute Gasteiger partial charge is 0.253 e. The number of ether oxygens (including phenoxy) is 3. The van der Waals surface area contributed by atoms with Gasteiger partial charge >= 0.3 is 0 Å². The quantitative estimate of drug-likeness (QED) is 0.741. The van der Waals surface area contributed by atoms with E-state index in [1.54, 1.807) is 18.2 Å². The molecular formula is C20H26N2O5. The third-order valence-electron chi connectivity index (χ3n) is 5.55. The molecule has 2 fully saturated rings. The SMILES string of the molecule is CN1CCO[C@@H](C(=O)N2CCC(C(=O)c3ccc4c(c3)OCCO4)CC2)C1.